The van der Waals surface area contributed by atoms with Gasteiger partial charge in [0.1, 0.15) is 24.2 Å². The van der Waals surface area contributed by atoms with E-state index < -0.39 is 18.3 Å². The number of piperazine rings is 1. The second-order valence-electron chi connectivity index (χ2n) is 9.73. The molecule has 4 heterocycles. The predicted molar refractivity (Wildman–Crippen MR) is 134 cm³/mol. The van der Waals surface area contributed by atoms with Crippen molar-refractivity contribution in [3.63, 3.8) is 0 Å². The van der Waals surface area contributed by atoms with Crippen LogP contribution in [0.15, 0.2) is 42.9 Å². The van der Waals surface area contributed by atoms with Crippen LogP contribution < -0.4 is 10.6 Å². The van der Waals surface area contributed by atoms with E-state index in [0.717, 1.165) is 15.8 Å². The molecule has 37 heavy (non-hydrogen) atoms. The van der Waals surface area contributed by atoms with Crippen LogP contribution in [0.4, 0.5) is 24.7 Å². The van der Waals surface area contributed by atoms with Gasteiger partial charge in [0.2, 0.25) is 5.91 Å². The molecule has 0 atom stereocenters. The topological polar surface area (TPSA) is 97.6 Å². The molecule has 1 aromatic carbocycles. The van der Waals surface area contributed by atoms with E-state index in [1.165, 1.54) is 19.4 Å². The molecule has 1 fully saturated rings. The van der Waals surface area contributed by atoms with Gasteiger partial charge in [-0.2, -0.15) is 18.3 Å². The molecule has 0 radical (unpaired) electrons. The number of likely N-dealkylation sites (N-methyl/N-ethyl adjacent to an activating group) is 1. The number of rotatable bonds is 4. The fraction of sp³-hybridized carbons (Fsp3) is 0.360. The summed E-state index contributed by atoms with van der Waals surface area (Å²) in [6, 6.07) is 9.17. The second kappa shape index (κ2) is 8.58. The van der Waals surface area contributed by atoms with E-state index >= 15 is 0 Å². The summed E-state index contributed by atoms with van der Waals surface area (Å²) in [4.78, 5) is 25.2. The van der Waals surface area contributed by atoms with Crippen molar-refractivity contribution >= 4 is 22.9 Å². The lowest BCUT2D eigenvalue weighted by atomic mass is 9.97. The summed E-state index contributed by atoms with van der Waals surface area (Å²) < 4.78 is 42.7. The highest BCUT2D eigenvalue weighted by molar-refractivity contribution is 6.01. The summed E-state index contributed by atoms with van der Waals surface area (Å²) in [7, 11) is 1.93. The zero-order chi connectivity index (χ0) is 26.7. The highest BCUT2D eigenvalue weighted by Crippen LogP contribution is 2.37. The van der Waals surface area contributed by atoms with Crippen LogP contribution in [0.1, 0.15) is 19.7 Å². The van der Waals surface area contributed by atoms with Gasteiger partial charge in [-0.1, -0.05) is 12.1 Å². The first-order chi connectivity index (χ1) is 17.4. The molecular weight excluding hydrogens is 485 g/mol. The third kappa shape index (κ3) is 4.20. The maximum Gasteiger partial charge on any atom is 0.406 e. The molecule has 0 saturated carbocycles. The van der Waals surface area contributed by atoms with Crippen LogP contribution in [0.25, 0.3) is 28.0 Å². The van der Waals surface area contributed by atoms with Crippen LogP contribution >= 0.6 is 0 Å². The van der Waals surface area contributed by atoms with E-state index in [-0.39, 0.29) is 23.2 Å². The quantitative estimate of drug-likeness (QED) is 0.447. The smallest absolute Gasteiger partial charge is 0.382 e. The number of nitrogen functional groups attached to an aromatic ring is 1. The molecule has 5 rings (SSSR count). The summed E-state index contributed by atoms with van der Waals surface area (Å²) in [5.41, 5.74) is 8.65. The summed E-state index contributed by atoms with van der Waals surface area (Å²) in [5, 5.41) is 4.35. The van der Waals surface area contributed by atoms with Gasteiger partial charge in [0, 0.05) is 29.9 Å². The number of nitrogens with zero attached hydrogens (tertiary/aromatic N) is 7. The fourth-order valence-electron chi connectivity index (χ4n) is 4.74. The number of aryl methyl sites for hydroxylation is 1. The zero-order valence-corrected chi connectivity index (χ0v) is 20.9. The SMILES string of the molecule is Cc1ncc(-c2cc(-c3cccc(N4CCN(C)C(C)(C)C4=O)c3)n3ncnc(N)c23)n1CC(F)(F)F. The number of amides is 1. The van der Waals surface area contributed by atoms with Crippen molar-refractivity contribution in [3.05, 3.63) is 48.7 Å². The zero-order valence-electron chi connectivity index (χ0n) is 20.9. The monoisotopic (exact) mass is 512 g/mol. The Hall–Kier alpha value is -3.93. The molecule has 1 amide bonds. The third-order valence-corrected chi connectivity index (χ3v) is 7.09. The maximum absolute atomic E-state index is 13.4. The Balaban J connectivity index is 1.65. The van der Waals surface area contributed by atoms with Gasteiger partial charge in [-0.15, -0.1) is 0 Å². The number of alkyl halides is 3. The van der Waals surface area contributed by atoms with Crippen molar-refractivity contribution < 1.29 is 18.0 Å². The first-order valence-electron chi connectivity index (χ1n) is 11.7. The molecule has 0 spiro atoms. The summed E-state index contributed by atoms with van der Waals surface area (Å²) in [5.74, 6) is 0.333. The minimum Gasteiger partial charge on any atom is -0.382 e. The Morgan fingerprint density at radius 3 is 2.59 bits per heavy atom. The van der Waals surface area contributed by atoms with Crippen molar-refractivity contribution in [1.29, 1.82) is 0 Å². The molecule has 3 aromatic heterocycles. The molecule has 0 unspecified atom stereocenters. The van der Waals surface area contributed by atoms with Crippen molar-refractivity contribution in [3.8, 4) is 22.5 Å². The number of hydrogen-bond donors (Lipinski definition) is 1. The van der Waals surface area contributed by atoms with Gasteiger partial charge in [0.15, 0.2) is 5.82 Å². The number of anilines is 2. The van der Waals surface area contributed by atoms with Crippen LogP contribution in [-0.2, 0) is 11.3 Å². The van der Waals surface area contributed by atoms with Gasteiger partial charge >= 0.3 is 6.18 Å². The van der Waals surface area contributed by atoms with Gasteiger partial charge < -0.3 is 15.2 Å². The molecule has 1 aliphatic rings. The Morgan fingerprint density at radius 1 is 1.11 bits per heavy atom. The van der Waals surface area contributed by atoms with E-state index in [0.29, 0.717) is 29.9 Å². The molecule has 1 saturated heterocycles. The molecule has 1 aliphatic heterocycles. The Kier molecular flexibility index (Phi) is 5.74. The maximum atomic E-state index is 13.4. The summed E-state index contributed by atoms with van der Waals surface area (Å²) in [6.07, 6.45) is -1.74. The molecule has 0 aliphatic carbocycles. The molecular formula is C25H27F3N8O. The van der Waals surface area contributed by atoms with Crippen molar-refractivity contribution in [2.45, 2.75) is 39.0 Å². The van der Waals surface area contributed by atoms with E-state index in [9.17, 15) is 18.0 Å². The average Bonchev–Trinajstić information content (AvgIpc) is 3.38. The lowest BCUT2D eigenvalue weighted by Crippen LogP contribution is -2.61. The van der Waals surface area contributed by atoms with E-state index in [1.807, 2.05) is 50.1 Å². The standard InChI is InChI=1S/C25H27F3N8O/c1-15-30-12-20(35(15)13-25(26,27)28)18-11-19(36-21(18)22(29)31-14-32-36)16-6-5-7-17(10-16)34-9-8-33(4)24(2,3)23(34)37/h5-7,10-12,14H,8-9,13H2,1-4H3,(H2,29,31,32). The van der Waals surface area contributed by atoms with Crippen LogP contribution in [0, 0.1) is 6.92 Å². The molecule has 4 aromatic rings. The van der Waals surface area contributed by atoms with Crippen LogP contribution in [0.3, 0.4) is 0 Å². The highest BCUT2D eigenvalue weighted by atomic mass is 19.4. The average molecular weight is 513 g/mol. The van der Waals surface area contributed by atoms with Gasteiger partial charge in [-0.25, -0.2) is 14.5 Å². The number of benzene rings is 1. The largest absolute Gasteiger partial charge is 0.406 e. The van der Waals surface area contributed by atoms with Gasteiger partial charge in [-0.05, 0) is 46.0 Å². The minimum absolute atomic E-state index is 0.0165. The van der Waals surface area contributed by atoms with Crippen molar-refractivity contribution in [2.75, 3.05) is 30.8 Å². The number of aromatic nitrogens is 5. The molecule has 194 valence electrons. The number of imidazole rings is 1. The Morgan fingerprint density at radius 2 is 1.86 bits per heavy atom. The first kappa shape index (κ1) is 24.8. The van der Waals surface area contributed by atoms with E-state index in [1.54, 1.807) is 15.5 Å². The molecule has 2 N–H and O–H groups in total. The van der Waals surface area contributed by atoms with Crippen molar-refractivity contribution in [2.24, 2.45) is 0 Å². The Bertz CT molecular complexity index is 1500. The normalized spacial score (nSPS) is 16.6. The van der Waals surface area contributed by atoms with E-state index in [4.69, 9.17) is 5.73 Å². The number of fused-ring (bicyclic) bond motifs is 1. The number of carbonyl (C=O) groups is 1. The number of halogens is 3. The van der Waals surface area contributed by atoms with E-state index in [2.05, 4.69) is 15.1 Å². The molecule has 0 bridgehead atoms. The first-order valence-corrected chi connectivity index (χ1v) is 11.7. The fourth-order valence-corrected chi connectivity index (χ4v) is 4.74. The predicted octanol–water partition coefficient (Wildman–Crippen LogP) is 3.77. The number of carbonyl (C=O) groups excluding carboxylic acids is 1. The van der Waals surface area contributed by atoms with Crippen LogP contribution in [0.5, 0.6) is 0 Å². The lowest BCUT2D eigenvalue weighted by Gasteiger charge is -2.44. The molecule has 9 nitrogen and oxygen atoms in total. The summed E-state index contributed by atoms with van der Waals surface area (Å²) in [6.45, 7) is 5.37. The number of hydrogen-bond acceptors (Lipinski definition) is 6. The number of nitrogens with two attached hydrogens (primary N) is 1. The third-order valence-electron chi connectivity index (χ3n) is 7.09. The van der Waals surface area contributed by atoms with Gasteiger partial charge in [0.05, 0.1) is 23.1 Å². The van der Waals surface area contributed by atoms with Crippen LogP contribution in [-0.4, -0.2) is 66.8 Å². The van der Waals surface area contributed by atoms with Crippen LogP contribution in [0.2, 0.25) is 0 Å². The molecule has 12 heteroatoms. The minimum atomic E-state index is -4.43. The van der Waals surface area contributed by atoms with Gasteiger partial charge in [-0.3, -0.25) is 9.69 Å². The lowest BCUT2D eigenvalue weighted by molar-refractivity contribution is -0.140. The second-order valence-corrected chi connectivity index (χ2v) is 9.73. The Labute approximate surface area is 211 Å². The summed E-state index contributed by atoms with van der Waals surface area (Å²) >= 11 is 0. The van der Waals surface area contributed by atoms with Gasteiger partial charge in [0.25, 0.3) is 0 Å². The highest BCUT2D eigenvalue weighted by Gasteiger charge is 2.40. The van der Waals surface area contributed by atoms with Crippen molar-refractivity contribution in [1.82, 2.24) is 29.0 Å².